The van der Waals surface area contributed by atoms with Crippen molar-refractivity contribution in [1.29, 1.82) is 0 Å². The van der Waals surface area contributed by atoms with Gasteiger partial charge in [-0.25, -0.2) is 8.42 Å². The van der Waals surface area contributed by atoms with E-state index < -0.39 is 27.1 Å². The maximum atomic E-state index is 12.2. The van der Waals surface area contributed by atoms with Crippen LogP contribution in [0.1, 0.15) is 42.6 Å². The number of hydrogen-bond acceptors (Lipinski definition) is 4. The lowest BCUT2D eigenvalue weighted by Gasteiger charge is -2.26. The summed E-state index contributed by atoms with van der Waals surface area (Å²) in [5, 5.41) is 12.0. The summed E-state index contributed by atoms with van der Waals surface area (Å²) in [6.07, 6.45) is 1.86. The Hall–Kier alpha value is -1.89. The number of carboxylic acid groups (broad SMARTS) is 1. The molecule has 2 N–H and O–H groups in total. The Bertz CT molecular complexity index is 705. The van der Waals surface area contributed by atoms with Crippen molar-refractivity contribution in [2.75, 3.05) is 12.8 Å². The molecule has 0 fully saturated rings. The largest absolute Gasteiger partial charge is 0.481 e. The van der Waals surface area contributed by atoms with Gasteiger partial charge in [-0.3, -0.25) is 9.59 Å². The third-order valence-corrected chi connectivity index (χ3v) is 5.48. The number of benzene rings is 1. The van der Waals surface area contributed by atoms with Crippen molar-refractivity contribution in [3.8, 4) is 0 Å². The molecule has 7 heteroatoms. The van der Waals surface area contributed by atoms with Crippen LogP contribution in [-0.4, -0.2) is 38.2 Å². The summed E-state index contributed by atoms with van der Waals surface area (Å²) >= 11 is 0. The van der Waals surface area contributed by atoms with Crippen molar-refractivity contribution in [3.05, 3.63) is 29.3 Å². The highest BCUT2D eigenvalue weighted by Gasteiger charge is 2.35. The summed E-state index contributed by atoms with van der Waals surface area (Å²) in [7, 11) is -3.43. The van der Waals surface area contributed by atoms with Crippen LogP contribution in [0.15, 0.2) is 23.1 Å². The zero-order valence-corrected chi connectivity index (χ0v) is 14.7. The fraction of sp³-hybridized carbons (Fsp3) is 0.500. The van der Waals surface area contributed by atoms with Gasteiger partial charge < -0.3 is 10.4 Å². The predicted molar refractivity (Wildman–Crippen MR) is 87.3 cm³/mol. The summed E-state index contributed by atoms with van der Waals surface area (Å²) < 4.78 is 23.4. The molecule has 0 saturated heterocycles. The first-order valence-electron chi connectivity index (χ1n) is 7.39. The van der Waals surface area contributed by atoms with Crippen molar-refractivity contribution < 1.29 is 23.1 Å². The van der Waals surface area contributed by atoms with Crippen molar-refractivity contribution in [2.24, 2.45) is 5.41 Å². The van der Waals surface area contributed by atoms with E-state index >= 15 is 0 Å². The van der Waals surface area contributed by atoms with Gasteiger partial charge in [0.25, 0.3) is 5.91 Å². The van der Waals surface area contributed by atoms with E-state index in [1.165, 1.54) is 12.1 Å². The summed E-state index contributed by atoms with van der Waals surface area (Å²) in [5.74, 6) is -1.44. The number of amides is 1. The van der Waals surface area contributed by atoms with Crippen LogP contribution < -0.4 is 5.32 Å². The lowest BCUT2D eigenvalue weighted by Crippen LogP contribution is -2.42. The van der Waals surface area contributed by atoms with E-state index in [0.29, 0.717) is 18.4 Å². The van der Waals surface area contributed by atoms with E-state index in [2.05, 4.69) is 5.32 Å². The lowest BCUT2D eigenvalue weighted by atomic mass is 9.82. The maximum Gasteiger partial charge on any atom is 0.311 e. The summed E-state index contributed by atoms with van der Waals surface area (Å²) in [6, 6.07) is 4.41. The second-order valence-corrected chi connectivity index (χ2v) is 7.71. The average molecular weight is 341 g/mol. The smallest absolute Gasteiger partial charge is 0.311 e. The average Bonchev–Trinajstić information content (AvgIpc) is 2.47. The highest BCUT2D eigenvalue weighted by molar-refractivity contribution is 7.90. The number of nitrogens with one attached hydrogen (secondary N) is 1. The van der Waals surface area contributed by atoms with E-state index in [0.717, 1.165) is 6.26 Å². The first-order valence-corrected chi connectivity index (χ1v) is 9.29. The van der Waals surface area contributed by atoms with Crippen LogP contribution in [0.2, 0.25) is 0 Å². The van der Waals surface area contributed by atoms with Crippen LogP contribution in [0.4, 0.5) is 0 Å². The number of carbonyl (C=O) groups is 2. The fourth-order valence-corrected chi connectivity index (χ4v) is 3.36. The molecule has 0 unspecified atom stereocenters. The van der Waals surface area contributed by atoms with Gasteiger partial charge in [0.1, 0.15) is 0 Å². The molecule has 0 bridgehead atoms. The topological polar surface area (TPSA) is 101 Å². The third-order valence-electron chi connectivity index (χ3n) is 4.24. The SMILES string of the molecule is CCC(CC)(CNC(=O)c1ccc(C)c(S(C)(=O)=O)c1)C(=O)O. The minimum absolute atomic E-state index is 0.00372. The van der Waals surface area contributed by atoms with E-state index in [1.54, 1.807) is 26.8 Å². The van der Waals surface area contributed by atoms with Crippen molar-refractivity contribution in [3.63, 3.8) is 0 Å². The molecule has 6 nitrogen and oxygen atoms in total. The zero-order valence-electron chi connectivity index (χ0n) is 13.8. The number of carbonyl (C=O) groups excluding carboxylic acids is 1. The van der Waals surface area contributed by atoms with E-state index in [1.807, 2.05) is 0 Å². The first kappa shape index (κ1) is 19.2. The number of carboxylic acids is 1. The molecule has 0 aliphatic rings. The Morgan fingerprint density at radius 1 is 1.22 bits per heavy atom. The molecule has 1 rings (SSSR count). The van der Waals surface area contributed by atoms with Crippen LogP contribution in [-0.2, 0) is 14.6 Å². The quantitative estimate of drug-likeness (QED) is 0.790. The van der Waals surface area contributed by atoms with Gasteiger partial charge in [0, 0.05) is 18.4 Å². The standard InChI is InChI=1S/C16H23NO5S/c1-5-16(6-2,15(19)20)10-17-14(18)12-8-7-11(3)13(9-12)23(4,21)22/h7-9H,5-6,10H2,1-4H3,(H,17,18)(H,19,20). The van der Waals surface area contributed by atoms with Crippen LogP contribution >= 0.6 is 0 Å². The lowest BCUT2D eigenvalue weighted by molar-refractivity contribution is -0.149. The molecular weight excluding hydrogens is 318 g/mol. The zero-order chi connectivity index (χ0) is 17.8. The Balaban J connectivity index is 3.02. The van der Waals surface area contributed by atoms with Gasteiger partial charge in [0.2, 0.25) is 0 Å². The van der Waals surface area contributed by atoms with Gasteiger partial charge in [-0.2, -0.15) is 0 Å². The molecule has 0 aliphatic carbocycles. The molecule has 0 saturated carbocycles. The summed E-state index contributed by atoms with van der Waals surface area (Å²) in [6.45, 7) is 5.17. The molecule has 23 heavy (non-hydrogen) atoms. The minimum Gasteiger partial charge on any atom is -0.481 e. The second-order valence-electron chi connectivity index (χ2n) is 5.73. The number of sulfone groups is 1. The Labute approximate surface area is 136 Å². The third kappa shape index (κ3) is 4.31. The fourth-order valence-electron chi connectivity index (χ4n) is 2.37. The maximum absolute atomic E-state index is 12.2. The van der Waals surface area contributed by atoms with E-state index in [9.17, 15) is 23.1 Å². The highest BCUT2D eigenvalue weighted by Crippen LogP contribution is 2.26. The number of rotatable bonds is 7. The monoisotopic (exact) mass is 341 g/mol. The number of aliphatic carboxylic acids is 1. The molecular formula is C16H23NO5S. The summed E-state index contributed by atoms with van der Waals surface area (Å²) in [4.78, 5) is 23.8. The molecule has 0 aliphatic heterocycles. The predicted octanol–water partition coefficient (Wildman–Crippen LogP) is 2.02. The molecule has 1 amide bonds. The van der Waals surface area contributed by atoms with Gasteiger partial charge >= 0.3 is 5.97 Å². The minimum atomic E-state index is -3.43. The second kappa shape index (κ2) is 7.12. The Morgan fingerprint density at radius 3 is 2.22 bits per heavy atom. The highest BCUT2D eigenvalue weighted by atomic mass is 32.2. The summed E-state index contributed by atoms with van der Waals surface area (Å²) in [5.41, 5.74) is -0.256. The molecule has 1 aromatic rings. The Morgan fingerprint density at radius 2 is 1.78 bits per heavy atom. The van der Waals surface area contributed by atoms with Gasteiger partial charge in [0.15, 0.2) is 9.84 Å². The molecule has 0 atom stereocenters. The van der Waals surface area contributed by atoms with Crippen LogP contribution in [0.25, 0.3) is 0 Å². The normalized spacial score (nSPS) is 12.0. The Kier molecular flexibility index (Phi) is 5.93. The van der Waals surface area contributed by atoms with Crippen molar-refractivity contribution in [1.82, 2.24) is 5.32 Å². The van der Waals surface area contributed by atoms with E-state index in [4.69, 9.17) is 0 Å². The van der Waals surface area contributed by atoms with Crippen molar-refractivity contribution >= 4 is 21.7 Å². The first-order chi connectivity index (χ1) is 10.6. The van der Waals surface area contributed by atoms with Crippen LogP contribution in [0.5, 0.6) is 0 Å². The molecule has 0 spiro atoms. The molecule has 128 valence electrons. The van der Waals surface area contributed by atoms with Gasteiger partial charge in [0.05, 0.1) is 10.3 Å². The molecule has 0 heterocycles. The molecule has 0 radical (unpaired) electrons. The van der Waals surface area contributed by atoms with Crippen molar-refractivity contribution in [2.45, 2.75) is 38.5 Å². The van der Waals surface area contributed by atoms with Gasteiger partial charge in [-0.05, 0) is 37.5 Å². The van der Waals surface area contributed by atoms with Crippen LogP contribution in [0.3, 0.4) is 0 Å². The molecule has 1 aromatic carbocycles. The molecule has 0 aromatic heterocycles. The van der Waals surface area contributed by atoms with E-state index in [-0.39, 0.29) is 17.0 Å². The van der Waals surface area contributed by atoms with Gasteiger partial charge in [-0.15, -0.1) is 0 Å². The number of aryl methyl sites for hydroxylation is 1. The van der Waals surface area contributed by atoms with Crippen LogP contribution in [0, 0.1) is 12.3 Å². The van der Waals surface area contributed by atoms with Gasteiger partial charge in [-0.1, -0.05) is 19.9 Å². The number of hydrogen-bond donors (Lipinski definition) is 2.